The van der Waals surface area contributed by atoms with E-state index in [0.29, 0.717) is 12.6 Å². The largest absolute Gasteiger partial charge is 0.318 e. The summed E-state index contributed by atoms with van der Waals surface area (Å²) in [6.45, 7) is 3.68. The molecule has 0 heterocycles. The minimum Gasteiger partial charge on any atom is -0.318 e. The van der Waals surface area contributed by atoms with E-state index in [1.165, 1.54) is 6.07 Å². The second kappa shape index (κ2) is 6.05. The van der Waals surface area contributed by atoms with Gasteiger partial charge in [-0.3, -0.25) is 0 Å². The summed E-state index contributed by atoms with van der Waals surface area (Å²) in [5.74, 6) is -0.372. The van der Waals surface area contributed by atoms with Crippen molar-refractivity contribution < 1.29 is 4.39 Å². The number of benzene rings is 1. The van der Waals surface area contributed by atoms with Crippen molar-refractivity contribution in [2.45, 2.75) is 19.5 Å². The molecule has 0 amide bonds. The molecule has 1 unspecified atom stereocenters. The molecule has 0 aliphatic rings. The normalized spacial score (nSPS) is 12.8. The van der Waals surface area contributed by atoms with E-state index in [-0.39, 0.29) is 10.8 Å². The molecule has 2 N–H and O–H groups in total. The van der Waals surface area contributed by atoms with Gasteiger partial charge in [0.05, 0.1) is 5.02 Å². The number of rotatable bonds is 5. The van der Waals surface area contributed by atoms with Crippen LogP contribution in [0.25, 0.3) is 0 Å². The first-order chi connectivity index (χ1) is 7.13. The van der Waals surface area contributed by atoms with Crippen molar-refractivity contribution >= 4 is 11.6 Å². The molecule has 1 aromatic rings. The molecule has 84 valence electrons. The van der Waals surface area contributed by atoms with Gasteiger partial charge in [0.1, 0.15) is 5.82 Å². The quantitative estimate of drug-likeness (QED) is 0.810. The van der Waals surface area contributed by atoms with E-state index in [1.54, 1.807) is 12.1 Å². The third kappa shape index (κ3) is 4.16. The highest BCUT2D eigenvalue weighted by Gasteiger charge is 2.02. The van der Waals surface area contributed by atoms with Crippen LogP contribution in [0.1, 0.15) is 12.5 Å². The number of hydrogen-bond donors (Lipinski definition) is 2. The summed E-state index contributed by atoms with van der Waals surface area (Å²) >= 11 is 5.68. The third-order valence-corrected chi connectivity index (χ3v) is 2.44. The Morgan fingerprint density at radius 3 is 2.80 bits per heavy atom. The molecular formula is C11H16ClFN2. The van der Waals surface area contributed by atoms with Crippen LogP contribution in [0.2, 0.25) is 5.02 Å². The summed E-state index contributed by atoms with van der Waals surface area (Å²) in [5.41, 5.74) is 0.990. The molecule has 0 fully saturated rings. The van der Waals surface area contributed by atoms with Gasteiger partial charge in [0.2, 0.25) is 0 Å². The van der Waals surface area contributed by atoms with Crippen molar-refractivity contribution in [3.8, 4) is 0 Å². The van der Waals surface area contributed by atoms with Gasteiger partial charge in [-0.05, 0) is 31.7 Å². The zero-order valence-electron chi connectivity index (χ0n) is 8.98. The zero-order chi connectivity index (χ0) is 11.3. The van der Waals surface area contributed by atoms with Crippen LogP contribution in [0.5, 0.6) is 0 Å². The van der Waals surface area contributed by atoms with E-state index in [0.717, 1.165) is 12.1 Å². The monoisotopic (exact) mass is 230 g/mol. The molecule has 0 bridgehead atoms. The van der Waals surface area contributed by atoms with Crippen LogP contribution in [0.15, 0.2) is 18.2 Å². The van der Waals surface area contributed by atoms with Gasteiger partial charge in [-0.2, -0.15) is 0 Å². The molecule has 15 heavy (non-hydrogen) atoms. The fraction of sp³-hybridized carbons (Fsp3) is 0.455. The maximum Gasteiger partial charge on any atom is 0.141 e. The Morgan fingerprint density at radius 1 is 1.47 bits per heavy atom. The molecular weight excluding hydrogens is 215 g/mol. The molecule has 1 aromatic carbocycles. The van der Waals surface area contributed by atoms with Crippen molar-refractivity contribution in [3.63, 3.8) is 0 Å². The van der Waals surface area contributed by atoms with Crippen LogP contribution < -0.4 is 10.6 Å². The minimum atomic E-state index is -0.372. The fourth-order valence-electron chi connectivity index (χ4n) is 1.32. The molecule has 0 aliphatic heterocycles. The smallest absolute Gasteiger partial charge is 0.141 e. The first-order valence-electron chi connectivity index (χ1n) is 4.95. The Hall–Kier alpha value is -0.640. The van der Waals surface area contributed by atoms with Crippen LogP contribution in [0, 0.1) is 5.82 Å². The average molecular weight is 231 g/mol. The van der Waals surface area contributed by atoms with Gasteiger partial charge >= 0.3 is 0 Å². The first-order valence-corrected chi connectivity index (χ1v) is 5.33. The lowest BCUT2D eigenvalue weighted by atomic mass is 10.2. The topological polar surface area (TPSA) is 24.1 Å². The van der Waals surface area contributed by atoms with Crippen LogP contribution >= 0.6 is 11.6 Å². The Balaban J connectivity index is 2.47. The molecule has 1 atom stereocenters. The van der Waals surface area contributed by atoms with E-state index in [9.17, 15) is 4.39 Å². The summed E-state index contributed by atoms with van der Waals surface area (Å²) < 4.78 is 12.9. The van der Waals surface area contributed by atoms with Gasteiger partial charge in [0.25, 0.3) is 0 Å². The van der Waals surface area contributed by atoms with Crippen LogP contribution in [0.4, 0.5) is 4.39 Å². The van der Waals surface area contributed by atoms with E-state index in [1.807, 2.05) is 7.05 Å². The second-order valence-electron chi connectivity index (χ2n) is 3.59. The van der Waals surface area contributed by atoms with E-state index in [2.05, 4.69) is 17.6 Å². The Morgan fingerprint density at radius 2 is 2.20 bits per heavy atom. The highest BCUT2D eigenvalue weighted by Crippen LogP contribution is 2.15. The zero-order valence-corrected chi connectivity index (χ0v) is 9.74. The highest BCUT2D eigenvalue weighted by atomic mass is 35.5. The number of likely N-dealkylation sites (N-methyl/N-ethyl adjacent to an activating group) is 1. The lowest BCUT2D eigenvalue weighted by Crippen LogP contribution is -2.34. The predicted octanol–water partition coefficient (Wildman–Crippen LogP) is 2.18. The molecule has 4 heteroatoms. The molecule has 0 radical (unpaired) electrons. The predicted molar refractivity (Wildman–Crippen MR) is 61.6 cm³/mol. The second-order valence-corrected chi connectivity index (χ2v) is 4.00. The van der Waals surface area contributed by atoms with Crippen molar-refractivity contribution in [1.82, 2.24) is 10.6 Å². The molecule has 0 saturated carbocycles. The molecule has 0 aromatic heterocycles. The van der Waals surface area contributed by atoms with Gasteiger partial charge in [0, 0.05) is 19.1 Å². The van der Waals surface area contributed by atoms with Crippen LogP contribution in [-0.4, -0.2) is 19.6 Å². The molecule has 1 rings (SSSR count). The standard InChI is InChI=1S/C11H16ClFN2/c1-8(6-14-2)15-7-9-3-4-11(13)10(12)5-9/h3-5,8,14-15H,6-7H2,1-2H3. The summed E-state index contributed by atoms with van der Waals surface area (Å²) in [5, 5.41) is 6.56. The fourth-order valence-corrected chi connectivity index (χ4v) is 1.52. The van der Waals surface area contributed by atoms with Gasteiger partial charge < -0.3 is 10.6 Å². The van der Waals surface area contributed by atoms with Crippen molar-refractivity contribution in [3.05, 3.63) is 34.6 Å². The number of halogens is 2. The summed E-state index contributed by atoms with van der Waals surface area (Å²) in [4.78, 5) is 0. The van der Waals surface area contributed by atoms with Crippen LogP contribution in [0.3, 0.4) is 0 Å². The Bertz CT molecular complexity index is 317. The molecule has 0 saturated heterocycles. The Labute approximate surface area is 94.8 Å². The van der Waals surface area contributed by atoms with Gasteiger partial charge in [-0.1, -0.05) is 17.7 Å². The summed E-state index contributed by atoms with van der Waals surface area (Å²) in [6, 6.07) is 5.15. The summed E-state index contributed by atoms with van der Waals surface area (Å²) in [7, 11) is 1.91. The average Bonchev–Trinajstić information content (AvgIpc) is 2.20. The van der Waals surface area contributed by atoms with E-state index >= 15 is 0 Å². The SMILES string of the molecule is CNCC(C)NCc1ccc(F)c(Cl)c1. The minimum absolute atomic E-state index is 0.176. The van der Waals surface area contributed by atoms with Gasteiger partial charge in [-0.15, -0.1) is 0 Å². The molecule has 0 aliphatic carbocycles. The van der Waals surface area contributed by atoms with Crippen molar-refractivity contribution in [2.75, 3.05) is 13.6 Å². The number of hydrogen-bond acceptors (Lipinski definition) is 2. The van der Waals surface area contributed by atoms with E-state index in [4.69, 9.17) is 11.6 Å². The number of nitrogens with one attached hydrogen (secondary N) is 2. The van der Waals surface area contributed by atoms with E-state index < -0.39 is 0 Å². The highest BCUT2D eigenvalue weighted by molar-refractivity contribution is 6.30. The first kappa shape index (κ1) is 12.4. The molecule has 0 spiro atoms. The Kier molecular flexibility index (Phi) is 5.02. The van der Waals surface area contributed by atoms with Crippen molar-refractivity contribution in [2.24, 2.45) is 0 Å². The van der Waals surface area contributed by atoms with Crippen LogP contribution in [-0.2, 0) is 6.54 Å². The lowest BCUT2D eigenvalue weighted by Gasteiger charge is -2.13. The van der Waals surface area contributed by atoms with Crippen molar-refractivity contribution in [1.29, 1.82) is 0 Å². The van der Waals surface area contributed by atoms with Gasteiger partial charge in [0.15, 0.2) is 0 Å². The maximum atomic E-state index is 12.9. The maximum absolute atomic E-state index is 12.9. The third-order valence-electron chi connectivity index (χ3n) is 2.15. The lowest BCUT2D eigenvalue weighted by molar-refractivity contribution is 0.522. The molecule has 2 nitrogen and oxygen atoms in total. The summed E-state index contributed by atoms with van der Waals surface area (Å²) in [6.07, 6.45) is 0. The van der Waals surface area contributed by atoms with Gasteiger partial charge in [-0.25, -0.2) is 4.39 Å².